The van der Waals surface area contributed by atoms with Crippen LogP contribution < -0.4 is 16.0 Å². The Kier molecular flexibility index (Phi) is 11.5. The molecule has 0 heterocycles. The number of nitrogens with one attached hydrogen (secondary N) is 3. The van der Waals surface area contributed by atoms with Crippen LogP contribution in [0.1, 0.15) is 45.2 Å². The second-order valence-electron chi connectivity index (χ2n) is 6.90. The van der Waals surface area contributed by atoms with Gasteiger partial charge < -0.3 is 16.0 Å². The van der Waals surface area contributed by atoms with Gasteiger partial charge in [0.05, 0.1) is 6.54 Å². The number of rotatable bonds is 7. The van der Waals surface area contributed by atoms with E-state index in [1.807, 2.05) is 6.92 Å². The van der Waals surface area contributed by atoms with E-state index in [0.717, 1.165) is 19.4 Å². The molecular weight excluding hydrogens is 427 g/mol. The Morgan fingerprint density at radius 3 is 2.20 bits per heavy atom. The number of amides is 1. The van der Waals surface area contributed by atoms with Crippen molar-refractivity contribution in [1.82, 2.24) is 16.0 Å². The fraction of sp³-hybridized carbons (Fsp3) is 0.579. The molecule has 5 nitrogen and oxygen atoms in total. The Morgan fingerprint density at radius 1 is 1.04 bits per heavy atom. The van der Waals surface area contributed by atoms with Gasteiger partial charge >= 0.3 is 0 Å². The lowest BCUT2D eigenvalue weighted by Crippen LogP contribution is -2.43. The molecule has 0 saturated carbocycles. The summed E-state index contributed by atoms with van der Waals surface area (Å²) in [6, 6.07) is 8.74. The van der Waals surface area contributed by atoms with E-state index in [4.69, 9.17) is 0 Å². The lowest BCUT2D eigenvalue weighted by molar-refractivity contribution is -0.120. The molecule has 6 heteroatoms. The van der Waals surface area contributed by atoms with E-state index < -0.39 is 0 Å². The molecule has 0 aliphatic carbocycles. The number of hydrogen-bond donors (Lipinski definition) is 3. The van der Waals surface area contributed by atoms with Crippen molar-refractivity contribution < 1.29 is 4.79 Å². The summed E-state index contributed by atoms with van der Waals surface area (Å²) in [4.78, 5) is 15.7. The highest BCUT2D eigenvalue weighted by molar-refractivity contribution is 14.0. The third-order valence-corrected chi connectivity index (χ3v) is 3.74. The minimum atomic E-state index is -0.0161. The molecule has 1 rings (SSSR count). The minimum Gasteiger partial charge on any atom is -0.356 e. The third-order valence-electron chi connectivity index (χ3n) is 3.74. The highest BCUT2D eigenvalue weighted by Crippen LogP contribution is 2.22. The van der Waals surface area contributed by atoms with Crippen LogP contribution in [0.2, 0.25) is 0 Å². The van der Waals surface area contributed by atoms with Crippen LogP contribution in [0.25, 0.3) is 0 Å². The predicted molar refractivity (Wildman–Crippen MR) is 117 cm³/mol. The summed E-state index contributed by atoms with van der Waals surface area (Å²) in [5, 5.41) is 9.08. The summed E-state index contributed by atoms with van der Waals surface area (Å²) in [5.41, 5.74) is 2.81. The van der Waals surface area contributed by atoms with E-state index in [9.17, 15) is 4.79 Å². The lowest BCUT2D eigenvalue weighted by Gasteiger charge is -2.19. The van der Waals surface area contributed by atoms with E-state index in [0.29, 0.717) is 12.5 Å². The zero-order chi connectivity index (χ0) is 18.0. The van der Waals surface area contributed by atoms with E-state index in [-0.39, 0.29) is 41.8 Å². The van der Waals surface area contributed by atoms with Gasteiger partial charge in [-0.25, -0.2) is 0 Å². The average Bonchev–Trinajstić information content (AvgIpc) is 2.55. The number of halogens is 1. The smallest absolute Gasteiger partial charge is 0.239 e. The van der Waals surface area contributed by atoms with Gasteiger partial charge in [0.1, 0.15) is 0 Å². The number of aliphatic imine (C=N–C) groups is 1. The highest BCUT2D eigenvalue weighted by atomic mass is 127. The largest absolute Gasteiger partial charge is 0.356 e. The molecule has 1 amide bonds. The van der Waals surface area contributed by atoms with E-state index in [1.54, 1.807) is 7.05 Å². The van der Waals surface area contributed by atoms with Crippen LogP contribution in [0.5, 0.6) is 0 Å². The van der Waals surface area contributed by atoms with Gasteiger partial charge in [0.25, 0.3) is 0 Å². The average molecular weight is 460 g/mol. The number of guanidine groups is 1. The first kappa shape index (κ1) is 23.7. The fourth-order valence-corrected chi connectivity index (χ4v) is 2.21. The fourth-order valence-electron chi connectivity index (χ4n) is 2.21. The maximum absolute atomic E-state index is 11.6. The highest BCUT2D eigenvalue weighted by Gasteiger charge is 2.12. The Labute approximate surface area is 169 Å². The van der Waals surface area contributed by atoms with Crippen LogP contribution in [-0.2, 0) is 16.6 Å². The molecule has 0 aliphatic rings. The molecule has 0 aromatic heterocycles. The molecule has 0 saturated heterocycles. The van der Waals surface area contributed by atoms with Crippen molar-refractivity contribution in [2.45, 2.75) is 46.0 Å². The SMILES string of the molecule is CCCNC(=O)CNC(=NC)NCCc1ccc(C(C)(C)C)cc1.I. The van der Waals surface area contributed by atoms with Crippen LogP contribution in [0.3, 0.4) is 0 Å². The van der Waals surface area contributed by atoms with Crippen molar-refractivity contribution in [3.63, 3.8) is 0 Å². The van der Waals surface area contributed by atoms with Crippen molar-refractivity contribution in [2.24, 2.45) is 4.99 Å². The van der Waals surface area contributed by atoms with Gasteiger partial charge in [0.15, 0.2) is 5.96 Å². The summed E-state index contributed by atoms with van der Waals surface area (Å²) in [7, 11) is 1.71. The van der Waals surface area contributed by atoms with Crippen LogP contribution >= 0.6 is 24.0 Å². The number of carbonyl (C=O) groups excluding carboxylic acids is 1. The molecule has 0 fully saturated rings. The van der Waals surface area contributed by atoms with E-state index in [1.165, 1.54) is 11.1 Å². The number of carbonyl (C=O) groups is 1. The Morgan fingerprint density at radius 2 is 1.68 bits per heavy atom. The first-order chi connectivity index (χ1) is 11.4. The van der Waals surface area contributed by atoms with Gasteiger partial charge in [-0.05, 0) is 29.4 Å². The van der Waals surface area contributed by atoms with Gasteiger partial charge in [-0.3, -0.25) is 9.79 Å². The monoisotopic (exact) mass is 460 g/mol. The molecule has 0 unspecified atom stereocenters. The maximum Gasteiger partial charge on any atom is 0.239 e. The molecule has 0 atom stereocenters. The normalized spacial score (nSPS) is 11.5. The molecule has 1 aromatic carbocycles. The molecule has 0 radical (unpaired) electrons. The molecule has 1 aromatic rings. The Hall–Kier alpha value is -1.31. The van der Waals surface area contributed by atoms with E-state index >= 15 is 0 Å². The van der Waals surface area contributed by atoms with Crippen LogP contribution in [0, 0.1) is 0 Å². The standard InChI is InChI=1S/C19H32N4O.HI/c1-6-12-21-17(24)14-23-18(20-5)22-13-11-15-7-9-16(10-8-15)19(2,3)4;/h7-10H,6,11-14H2,1-5H3,(H,21,24)(H2,20,22,23);1H. The zero-order valence-corrected chi connectivity index (χ0v) is 18.4. The minimum absolute atomic E-state index is 0. The first-order valence-corrected chi connectivity index (χ1v) is 8.67. The van der Waals surface area contributed by atoms with Crippen LogP contribution in [0.4, 0.5) is 0 Å². The molecule has 142 valence electrons. The lowest BCUT2D eigenvalue weighted by atomic mass is 9.86. The molecular formula is C19H33IN4O. The summed E-state index contributed by atoms with van der Waals surface area (Å²) < 4.78 is 0. The first-order valence-electron chi connectivity index (χ1n) is 8.67. The van der Waals surface area contributed by atoms with Gasteiger partial charge in [0.2, 0.25) is 5.91 Å². The second kappa shape index (κ2) is 12.1. The number of nitrogens with zero attached hydrogens (tertiary/aromatic N) is 1. The quantitative estimate of drug-likeness (QED) is 0.333. The van der Waals surface area contributed by atoms with Crippen molar-refractivity contribution >= 4 is 35.8 Å². The van der Waals surface area contributed by atoms with Gasteiger partial charge in [0, 0.05) is 20.1 Å². The molecule has 0 bridgehead atoms. The summed E-state index contributed by atoms with van der Waals surface area (Å²) in [6.45, 7) is 10.4. The zero-order valence-electron chi connectivity index (χ0n) is 16.1. The van der Waals surface area contributed by atoms with Gasteiger partial charge in [-0.15, -0.1) is 24.0 Å². The number of benzene rings is 1. The molecule has 0 spiro atoms. The predicted octanol–water partition coefficient (Wildman–Crippen LogP) is 2.84. The second-order valence-corrected chi connectivity index (χ2v) is 6.90. The Balaban J connectivity index is 0.00000576. The van der Waals surface area contributed by atoms with Crippen molar-refractivity contribution in [2.75, 3.05) is 26.7 Å². The third kappa shape index (κ3) is 9.67. The number of hydrogen-bond acceptors (Lipinski definition) is 2. The molecule has 25 heavy (non-hydrogen) atoms. The summed E-state index contributed by atoms with van der Waals surface area (Å²) in [5.74, 6) is 0.630. The van der Waals surface area contributed by atoms with Gasteiger partial charge in [-0.1, -0.05) is 52.0 Å². The summed E-state index contributed by atoms with van der Waals surface area (Å²) in [6.07, 6.45) is 1.85. The molecule has 3 N–H and O–H groups in total. The molecule has 0 aliphatic heterocycles. The van der Waals surface area contributed by atoms with Crippen molar-refractivity contribution in [3.8, 4) is 0 Å². The van der Waals surface area contributed by atoms with Gasteiger partial charge in [-0.2, -0.15) is 0 Å². The van der Waals surface area contributed by atoms with Crippen molar-refractivity contribution in [3.05, 3.63) is 35.4 Å². The topological polar surface area (TPSA) is 65.5 Å². The van der Waals surface area contributed by atoms with E-state index in [2.05, 4.69) is 66.0 Å². The van der Waals surface area contributed by atoms with Crippen LogP contribution in [0.15, 0.2) is 29.3 Å². The maximum atomic E-state index is 11.6. The van der Waals surface area contributed by atoms with Crippen molar-refractivity contribution in [1.29, 1.82) is 0 Å². The summed E-state index contributed by atoms with van der Waals surface area (Å²) >= 11 is 0. The Bertz CT molecular complexity index is 535. The van der Waals surface area contributed by atoms with Crippen LogP contribution in [-0.4, -0.2) is 38.5 Å².